The first-order valence-electron chi connectivity index (χ1n) is 10.6. The number of halogens is 6. The van der Waals surface area contributed by atoms with E-state index >= 15 is 0 Å². The first-order chi connectivity index (χ1) is 15.3. The van der Waals surface area contributed by atoms with Crippen molar-refractivity contribution in [1.29, 1.82) is 0 Å². The minimum absolute atomic E-state index is 0.187. The normalized spacial score (nSPS) is 21.0. The average molecular weight is 538 g/mol. The molecule has 0 aliphatic heterocycles. The largest absolute Gasteiger partial charge is 0.394 e. The minimum Gasteiger partial charge on any atom is -0.333 e. The molecule has 1 fully saturated rings. The lowest BCUT2D eigenvalue weighted by Gasteiger charge is -2.46. The van der Waals surface area contributed by atoms with E-state index in [1.54, 1.807) is 24.3 Å². The summed E-state index contributed by atoms with van der Waals surface area (Å²) >= 11 is 3.36. The number of anilines is 1. The molecular weight excluding hydrogens is 513 g/mol. The van der Waals surface area contributed by atoms with Crippen LogP contribution in [0.1, 0.15) is 57.7 Å². The number of rotatable bonds is 9. The molecule has 33 heavy (non-hydrogen) atoms. The van der Waals surface area contributed by atoms with Crippen molar-refractivity contribution in [1.82, 2.24) is 10.1 Å². The smallest absolute Gasteiger partial charge is 0.333 e. The van der Waals surface area contributed by atoms with Crippen LogP contribution >= 0.6 is 15.9 Å². The number of benzene rings is 1. The molecule has 0 bridgehead atoms. The fraction of sp³-hybridized carbons (Fsp3) is 0.591. The van der Waals surface area contributed by atoms with Gasteiger partial charge < -0.3 is 9.42 Å². The van der Waals surface area contributed by atoms with Crippen LogP contribution in [0.4, 0.5) is 27.6 Å². The number of aromatic nitrogens is 2. The van der Waals surface area contributed by atoms with E-state index in [-0.39, 0.29) is 24.6 Å². The second kappa shape index (κ2) is 9.68. The van der Waals surface area contributed by atoms with Crippen LogP contribution in [0.25, 0.3) is 0 Å². The minimum atomic E-state index is -4.33. The highest BCUT2D eigenvalue weighted by molar-refractivity contribution is 9.10. The van der Waals surface area contributed by atoms with Gasteiger partial charge in [-0.15, -0.1) is 0 Å². The van der Waals surface area contributed by atoms with Gasteiger partial charge >= 0.3 is 12.1 Å². The first kappa shape index (κ1) is 25.6. The maximum absolute atomic E-state index is 13.2. The molecule has 1 saturated carbocycles. The van der Waals surface area contributed by atoms with Gasteiger partial charge in [0, 0.05) is 36.0 Å². The Labute approximate surface area is 196 Å². The number of amides is 1. The number of carbonyl (C=O) groups is 1. The Hall–Kier alpha value is -2.04. The highest BCUT2D eigenvalue weighted by atomic mass is 79.9. The molecule has 1 heterocycles. The van der Waals surface area contributed by atoms with Crippen molar-refractivity contribution >= 4 is 27.5 Å². The number of alkyl halides is 5. The predicted octanol–water partition coefficient (Wildman–Crippen LogP) is 6.67. The molecule has 0 unspecified atom stereocenters. The van der Waals surface area contributed by atoms with E-state index < -0.39 is 29.3 Å². The lowest BCUT2D eigenvalue weighted by Crippen LogP contribution is -2.52. The van der Waals surface area contributed by atoms with Gasteiger partial charge in [-0.05, 0) is 43.9 Å². The second-order valence-corrected chi connectivity index (χ2v) is 9.76. The van der Waals surface area contributed by atoms with E-state index in [0.717, 1.165) is 11.4 Å². The lowest BCUT2D eigenvalue weighted by molar-refractivity contribution is -0.253. The maximum Gasteiger partial charge on any atom is 0.394 e. The summed E-state index contributed by atoms with van der Waals surface area (Å²) < 4.78 is 71.3. The molecule has 1 aromatic heterocycles. The molecule has 1 amide bonds. The summed E-state index contributed by atoms with van der Waals surface area (Å²) in [5.74, 6) is -4.73. The van der Waals surface area contributed by atoms with E-state index in [4.69, 9.17) is 0 Å². The molecule has 0 saturated heterocycles. The SMILES string of the molecule is CC(F)(F)c1nc(CCCCCN(c2cccc(Br)c2)C(=O)[C@H]2C[C@](C)(C(F)(F)F)C2)no1. The van der Waals surface area contributed by atoms with Gasteiger partial charge in [-0.25, -0.2) is 0 Å². The third-order valence-corrected chi connectivity index (χ3v) is 6.43. The molecule has 1 aliphatic rings. The quantitative estimate of drug-likeness (QED) is 0.265. The van der Waals surface area contributed by atoms with E-state index in [1.165, 1.54) is 4.90 Å². The van der Waals surface area contributed by atoms with Crippen molar-refractivity contribution < 1.29 is 31.3 Å². The van der Waals surface area contributed by atoms with E-state index in [1.807, 2.05) is 0 Å². The van der Waals surface area contributed by atoms with Crippen LogP contribution in [0, 0.1) is 11.3 Å². The van der Waals surface area contributed by atoms with Gasteiger partial charge in [-0.1, -0.05) is 40.5 Å². The monoisotopic (exact) mass is 537 g/mol. The number of aryl methyl sites for hydroxylation is 1. The Bertz CT molecular complexity index is 967. The Balaban J connectivity index is 1.57. The van der Waals surface area contributed by atoms with E-state index in [2.05, 4.69) is 30.6 Å². The molecule has 0 spiro atoms. The average Bonchev–Trinajstić information content (AvgIpc) is 3.16. The molecule has 5 nitrogen and oxygen atoms in total. The van der Waals surface area contributed by atoms with Crippen molar-refractivity contribution in [3.05, 3.63) is 40.5 Å². The highest BCUT2D eigenvalue weighted by Crippen LogP contribution is 2.56. The van der Waals surface area contributed by atoms with Crippen molar-refractivity contribution in [2.75, 3.05) is 11.4 Å². The van der Waals surface area contributed by atoms with Gasteiger partial charge in [0.15, 0.2) is 5.82 Å². The van der Waals surface area contributed by atoms with Crippen LogP contribution in [0.15, 0.2) is 33.3 Å². The summed E-state index contributed by atoms with van der Waals surface area (Å²) in [6.07, 6.45) is -2.61. The summed E-state index contributed by atoms with van der Waals surface area (Å²) in [6, 6.07) is 7.06. The lowest BCUT2D eigenvalue weighted by atomic mass is 9.62. The fourth-order valence-corrected chi connectivity index (χ4v) is 4.32. The summed E-state index contributed by atoms with van der Waals surface area (Å²) in [6.45, 7) is 2.16. The number of unbranched alkanes of at least 4 members (excludes halogenated alkanes) is 2. The number of hydrogen-bond donors (Lipinski definition) is 0. The Kier molecular flexibility index (Phi) is 7.50. The molecular formula is C22H25BrF5N3O2. The molecule has 0 radical (unpaired) electrons. The summed E-state index contributed by atoms with van der Waals surface area (Å²) in [5.41, 5.74) is -1.21. The molecule has 11 heteroatoms. The zero-order valence-electron chi connectivity index (χ0n) is 18.3. The summed E-state index contributed by atoms with van der Waals surface area (Å²) in [7, 11) is 0. The molecule has 1 aliphatic carbocycles. The van der Waals surface area contributed by atoms with Crippen LogP contribution < -0.4 is 4.90 Å². The second-order valence-electron chi connectivity index (χ2n) is 8.85. The van der Waals surface area contributed by atoms with E-state index in [0.29, 0.717) is 44.8 Å². The molecule has 2 aromatic rings. The van der Waals surface area contributed by atoms with Crippen molar-refractivity contribution in [3.8, 4) is 0 Å². The molecule has 3 rings (SSSR count). The zero-order chi connectivity index (χ0) is 24.4. The predicted molar refractivity (Wildman–Crippen MR) is 115 cm³/mol. The van der Waals surface area contributed by atoms with Crippen LogP contribution in [0.5, 0.6) is 0 Å². The Morgan fingerprint density at radius 1 is 1.21 bits per heavy atom. The summed E-state index contributed by atoms with van der Waals surface area (Å²) in [4.78, 5) is 18.3. The first-order valence-corrected chi connectivity index (χ1v) is 11.4. The molecule has 0 atom stereocenters. The highest BCUT2D eigenvalue weighted by Gasteiger charge is 2.60. The third-order valence-electron chi connectivity index (χ3n) is 5.94. The van der Waals surface area contributed by atoms with Crippen molar-refractivity contribution in [2.45, 2.75) is 64.5 Å². The standard InChI is InChI=1S/C22H25BrF5N3O2/c1-20(22(26,27)28)12-14(13-20)18(32)31(16-8-6-7-15(23)11-16)10-5-3-4-9-17-29-19(33-30-17)21(2,24)25/h6-8,11,14H,3-5,9-10,12-13H2,1-2H3/t14-,20-. The van der Waals surface area contributed by atoms with Gasteiger partial charge in [-0.2, -0.15) is 26.9 Å². The third kappa shape index (κ3) is 6.10. The van der Waals surface area contributed by atoms with E-state index in [9.17, 15) is 26.7 Å². The Morgan fingerprint density at radius 2 is 1.91 bits per heavy atom. The molecule has 182 valence electrons. The van der Waals surface area contributed by atoms with Crippen LogP contribution in [0.2, 0.25) is 0 Å². The van der Waals surface area contributed by atoms with Gasteiger partial charge in [-0.3, -0.25) is 4.79 Å². The number of carbonyl (C=O) groups excluding carboxylic acids is 1. The van der Waals surface area contributed by atoms with Crippen LogP contribution in [-0.4, -0.2) is 28.8 Å². The Morgan fingerprint density at radius 3 is 2.48 bits per heavy atom. The van der Waals surface area contributed by atoms with Crippen LogP contribution in [0.3, 0.4) is 0 Å². The summed E-state index contributed by atoms with van der Waals surface area (Å²) in [5, 5.41) is 3.55. The van der Waals surface area contributed by atoms with Crippen molar-refractivity contribution in [2.24, 2.45) is 11.3 Å². The fourth-order valence-electron chi connectivity index (χ4n) is 3.93. The maximum atomic E-state index is 13.2. The molecule has 1 aromatic carbocycles. The van der Waals surface area contributed by atoms with Crippen LogP contribution in [-0.2, 0) is 17.1 Å². The van der Waals surface area contributed by atoms with Crippen molar-refractivity contribution in [3.63, 3.8) is 0 Å². The van der Waals surface area contributed by atoms with Gasteiger partial charge in [0.1, 0.15) is 0 Å². The molecule has 0 N–H and O–H groups in total. The number of nitrogens with zero attached hydrogens (tertiary/aromatic N) is 3. The number of hydrogen-bond acceptors (Lipinski definition) is 4. The van der Waals surface area contributed by atoms with Gasteiger partial charge in [0.05, 0.1) is 5.41 Å². The van der Waals surface area contributed by atoms with Gasteiger partial charge in [0.2, 0.25) is 5.91 Å². The topological polar surface area (TPSA) is 59.2 Å². The van der Waals surface area contributed by atoms with Gasteiger partial charge in [0.25, 0.3) is 5.89 Å². The zero-order valence-corrected chi connectivity index (χ0v) is 19.8.